The van der Waals surface area contributed by atoms with Crippen LogP contribution in [-0.4, -0.2) is 34.1 Å². The van der Waals surface area contributed by atoms with Gasteiger partial charge in [0.2, 0.25) is 0 Å². The standard InChI is InChI=1S/C30H31N3O4S2/c1-5-19-11-13-21(14-12-19)33-27(35)23(26(34)31-30(33)38)16-20-15-17(3)32(18(20)4)28-25(29(36)37-6-2)22-9-7-8-10-24(22)39-28/h11-16H,5-10H2,1-4H3,(H,31,34,38)/b23-16+. The number of amides is 2. The van der Waals surface area contributed by atoms with Crippen LogP contribution < -0.4 is 10.2 Å². The first kappa shape index (κ1) is 27.0. The fourth-order valence-electron chi connectivity index (χ4n) is 5.30. The summed E-state index contributed by atoms with van der Waals surface area (Å²) in [5.41, 5.74) is 5.91. The van der Waals surface area contributed by atoms with Gasteiger partial charge in [0.15, 0.2) is 5.11 Å². The molecule has 0 atom stereocenters. The Morgan fingerprint density at radius 2 is 1.85 bits per heavy atom. The Kier molecular flexibility index (Phi) is 7.55. The molecule has 1 fully saturated rings. The van der Waals surface area contributed by atoms with E-state index in [1.165, 1.54) is 9.78 Å². The molecule has 202 valence electrons. The van der Waals surface area contributed by atoms with Crippen molar-refractivity contribution in [1.29, 1.82) is 0 Å². The predicted octanol–water partition coefficient (Wildman–Crippen LogP) is 5.60. The number of thiophene rings is 1. The molecule has 1 aromatic carbocycles. The minimum Gasteiger partial charge on any atom is -0.462 e. The second kappa shape index (κ2) is 10.9. The first-order valence-corrected chi connectivity index (χ1v) is 14.5. The minimum atomic E-state index is -0.532. The Morgan fingerprint density at radius 1 is 1.13 bits per heavy atom. The molecule has 0 saturated carbocycles. The van der Waals surface area contributed by atoms with Crippen LogP contribution in [0.25, 0.3) is 11.1 Å². The van der Waals surface area contributed by atoms with E-state index in [-0.39, 0.29) is 16.7 Å². The van der Waals surface area contributed by atoms with E-state index in [9.17, 15) is 14.4 Å². The quantitative estimate of drug-likeness (QED) is 0.183. The Labute approximate surface area is 237 Å². The van der Waals surface area contributed by atoms with E-state index >= 15 is 0 Å². The van der Waals surface area contributed by atoms with Crippen molar-refractivity contribution in [3.05, 3.63) is 74.4 Å². The van der Waals surface area contributed by atoms with Crippen molar-refractivity contribution in [3.63, 3.8) is 0 Å². The van der Waals surface area contributed by atoms with Gasteiger partial charge in [-0.1, -0.05) is 19.1 Å². The topological polar surface area (TPSA) is 80.6 Å². The number of carbonyl (C=O) groups excluding carboxylic acids is 3. The molecule has 0 spiro atoms. The lowest BCUT2D eigenvalue weighted by atomic mass is 9.95. The fraction of sp³-hybridized carbons (Fsp3) is 0.333. The summed E-state index contributed by atoms with van der Waals surface area (Å²) in [6, 6.07) is 9.49. The molecule has 0 unspecified atom stereocenters. The normalized spacial score (nSPS) is 16.5. The number of carbonyl (C=O) groups is 3. The van der Waals surface area contributed by atoms with Gasteiger partial charge >= 0.3 is 5.97 Å². The molecule has 1 aliphatic carbocycles. The highest BCUT2D eigenvalue weighted by Gasteiger charge is 2.35. The van der Waals surface area contributed by atoms with Crippen LogP contribution >= 0.6 is 23.6 Å². The van der Waals surface area contributed by atoms with E-state index in [0.717, 1.165) is 65.2 Å². The third-order valence-corrected chi connectivity index (χ3v) is 8.87. The number of hydrogen-bond acceptors (Lipinski definition) is 6. The van der Waals surface area contributed by atoms with Crippen LogP contribution in [0.3, 0.4) is 0 Å². The average molecular weight is 562 g/mol. The molecule has 39 heavy (non-hydrogen) atoms. The zero-order valence-electron chi connectivity index (χ0n) is 22.6. The summed E-state index contributed by atoms with van der Waals surface area (Å²) in [4.78, 5) is 42.2. The van der Waals surface area contributed by atoms with Crippen LogP contribution in [0.2, 0.25) is 0 Å². The van der Waals surface area contributed by atoms with Crippen LogP contribution in [0.5, 0.6) is 0 Å². The minimum absolute atomic E-state index is 0.000455. The smallest absolute Gasteiger partial charge is 0.341 e. The van der Waals surface area contributed by atoms with Crippen molar-refractivity contribution in [2.45, 2.75) is 59.8 Å². The molecule has 2 aromatic heterocycles. The van der Waals surface area contributed by atoms with E-state index in [2.05, 4.69) is 12.2 Å². The summed E-state index contributed by atoms with van der Waals surface area (Å²) in [6.07, 6.45) is 6.46. The summed E-state index contributed by atoms with van der Waals surface area (Å²) in [7, 11) is 0. The summed E-state index contributed by atoms with van der Waals surface area (Å²) >= 11 is 6.99. The van der Waals surface area contributed by atoms with Crippen molar-refractivity contribution >= 4 is 58.2 Å². The molecule has 3 aromatic rings. The molecule has 0 radical (unpaired) electrons. The summed E-state index contributed by atoms with van der Waals surface area (Å²) in [5, 5.41) is 3.55. The third-order valence-electron chi connectivity index (χ3n) is 7.31. The Balaban J connectivity index is 1.57. The number of nitrogens with zero attached hydrogens (tertiary/aromatic N) is 2. The number of esters is 1. The van der Waals surface area contributed by atoms with Crippen LogP contribution in [0, 0.1) is 13.8 Å². The van der Waals surface area contributed by atoms with E-state index in [0.29, 0.717) is 17.9 Å². The Morgan fingerprint density at radius 3 is 2.54 bits per heavy atom. The van der Waals surface area contributed by atoms with E-state index in [4.69, 9.17) is 17.0 Å². The maximum atomic E-state index is 13.6. The molecular formula is C30H31N3O4S2. The monoisotopic (exact) mass is 561 g/mol. The predicted molar refractivity (Wildman–Crippen MR) is 158 cm³/mol. The molecule has 1 aliphatic heterocycles. The van der Waals surface area contributed by atoms with Crippen molar-refractivity contribution in [2.75, 3.05) is 11.5 Å². The maximum Gasteiger partial charge on any atom is 0.341 e. The number of aromatic nitrogens is 1. The zero-order valence-corrected chi connectivity index (χ0v) is 24.2. The molecule has 2 amide bonds. The first-order valence-electron chi connectivity index (χ1n) is 13.3. The average Bonchev–Trinajstić information content (AvgIpc) is 3.42. The molecule has 9 heteroatoms. The van der Waals surface area contributed by atoms with Gasteiger partial charge in [-0.25, -0.2) is 4.79 Å². The summed E-state index contributed by atoms with van der Waals surface area (Å²) in [5.74, 6) is -1.31. The highest BCUT2D eigenvalue weighted by Crippen LogP contribution is 2.39. The number of fused-ring (bicyclic) bond motifs is 1. The first-order chi connectivity index (χ1) is 18.7. The number of ether oxygens (including phenoxy) is 1. The second-order valence-corrected chi connectivity index (χ2v) is 11.2. The second-order valence-electron chi connectivity index (χ2n) is 9.75. The van der Waals surface area contributed by atoms with Crippen LogP contribution in [-0.2, 0) is 33.6 Å². The van der Waals surface area contributed by atoms with Gasteiger partial charge in [-0.3, -0.25) is 19.8 Å². The number of nitrogens with one attached hydrogen (secondary N) is 1. The molecule has 7 nitrogen and oxygen atoms in total. The van der Waals surface area contributed by atoms with Gasteiger partial charge in [-0.15, -0.1) is 11.3 Å². The van der Waals surface area contributed by atoms with Gasteiger partial charge < -0.3 is 9.30 Å². The summed E-state index contributed by atoms with van der Waals surface area (Å²) < 4.78 is 7.50. The number of rotatable bonds is 6. The van der Waals surface area contributed by atoms with Crippen molar-refractivity contribution < 1.29 is 19.1 Å². The largest absolute Gasteiger partial charge is 0.462 e. The lowest BCUT2D eigenvalue weighted by Crippen LogP contribution is -2.54. The lowest BCUT2D eigenvalue weighted by molar-refractivity contribution is -0.122. The number of aryl methyl sites for hydroxylation is 3. The van der Waals surface area contributed by atoms with Crippen molar-refractivity contribution in [1.82, 2.24) is 9.88 Å². The van der Waals surface area contributed by atoms with Crippen LogP contribution in [0.4, 0.5) is 5.69 Å². The number of thiocarbonyl (C=S) groups is 1. The van der Waals surface area contributed by atoms with E-state index in [1.54, 1.807) is 17.4 Å². The summed E-state index contributed by atoms with van der Waals surface area (Å²) in [6.45, 7) is 8.07. The fourth-order valence-corrected chi connectivity index (χ4v) is 7.07. The van der Waals surface area contributed by atoms with Crippen molar-refractivity contribution in [3.8, 4) is 5.00 Å². The molecule has 1 saturated heterocycles. The highest BCUT2D eigenvalue weighted by molar-refractivity contribution is 7.80. The van der Waals surface area contributed by atoms with Crippen LogP contribution in [0.15, 0.2) is 35.9 Å². The lowest BCUT2D eigenvalue weighted by Gasteiger charge is -2.29. The van der Waals surface area contributed by atoms with Gasteiger partial charge in [0.05, 0.1) is 17.9 Å². The molecule has 5 rings (SSSR count). The van der Waals surface area contributed by atoms with Gasteiger partial charge in [0.1, 0.15) is 10.6 Å². The molecule has 3 heterocycles. The molecule has 0 bridgehead atoms. The van der Waals surface area contributed by atoms with Crippen molar-refractivity contribution in [2.24, 2.45) is 0 Å². The van der Waals surface area contributed by atoms with E-state index in [1.807, 2.05) is 55.7 Å². The SMILES string of the molecule is CCOC(=O)c1c(-n2c(C)cc(/C=C3\C(=O)NC(=S)N(c4ccc(CC)cc4)C3=O)c2C)sc2c1CCCC2. The Hall–Kier alpha value is -3.56. The van der Waals surface area contributed by atoms with Gasteiger partial charge in [0, 0.05) is 16.3 Å². The van der Waals surface area contributed by atoms with Gasteiger partial charge in [0.25, 0.3) is 11.8 Å². The number of benzene rings is 1. The number of hydrogen-bond donors (Lipinski definition) is 1. The molecule has 2 aliphatic rings. The molecular weight excluding hydrogens is 530 g/mol. The number of anilines is 1. The van der Waals surface area contributed by atoms with Gasteiger partial charge in [-0.2, -0.15) is 0 Å². The Bertz CT molecular complexity index is 1530. The highest BCUT2D eigenvalue weighted by atomic mass is 32.1. The molecule has 1 N–H and O–H groups in total. The van der Waals surface area contributed by atoms with E-state index < -0.39 is 11.8 Å². The maximum absolute atomic E-state index is 13.6. The van der Waals surface area contributed by atoms with Crippen LogP contribution in [0.1, 0.15) is 70.0 Å². The van der Waals surface area contributed by atoms with Gasteiger partial charge in [-0.05, 0) is 106 Å². The zero-order chi connectivity index (χ0) is 27.8. The third kappa shape index (κ3) is 4.85.